The zero-order valence-corrected chi connectivity index (χ0v) is 7.78. The third-order valence-electron chi connectivity index (χ3n) is 1.46. The van der Waals surface area contributed by atoms with Crippen molar-refractivity contribution in [3.8, 4) is 11.3 Å². The van der Waals surface area contributed by atoms with Gasteiger partial charge in [0, 0.05) is 17.5 Å². The second kappa shape index (κ2) is 4.18. The second-order valence-electron chi connectivity index (χ2n) is 2.16. The van der Waals surface area contributed by atoms with Crippen molar-refractivity contribution in [3.63, 3.8) is 0 Å². The molecule has 0 aromatic carbocycles. The summed E-state index contributed by atoms with van der Waals surface area (Å²) in [5.74, 6) is 0.457. The van der Waals surface area contributed by atoms with Gasteiger partial charge in [-0.25, -0.2) is 4.98 Å². The molecule has 0 unspecified atom stereocenters. The minimum Gasteiger partial charge on any atom is -0.369 e. The van der Waals surface area contributed by atoms with Crippen LogP contribution in [0.15, 0.2) is 24.4 Å². The molecule has 0 aromatic heterocycles. The van der Waals surface area contributed by atoms with Gasteiger partial charge in [-0.2, -0.15) is 0 Å². The standard InChI is InChI=1S/C7H7N3.2ClH/c8-7-9-4-5-2-1-3-6(5)10-7;;/h1-4H,(H3,8,9,10);2*1H. The summed E-state index contributed by atoms with van der Waals surface area (Å²) in [5.41, 5.74) is 7.54. The topological polar surface area (TPSA) is 54.7 Å². The third kappa shape index (κ3) is 1.81. The minimum atomic E-state index is 0. The molecule has 2 aliphatic rings. The smallest absolute Gasteiger partial charge is 0.197 e. The summed E-state index contributed by atoms with van der Waals surface area (Å²) in [6.07, 6.45) is 1.75. The fourth-order valence-corrected chi connectivity index (χ4v) is 0.970. The van der Waals surface area contributed by atoms with Crippen LogP contribution in [0.2, 0.25) is 0 Å². The van der Waals surface area contributed by atoms with Crippen molar-refractivity contribution in [2.45, 2.75) is 0 Å². The maximum Gasteiger partial charge on any atom is 0.197 e. The number of nitrogens with two attached hydrogens (primary N) is 1. The molecule has 3 N–H and O–H groups in total. The predicted octanol–water partition coefficient (Wildman–Crippen LogP) is 1.94. The normalized spacial score (nSPS) is 8.67. The van der Waals surface area contributed by atoms with E-state index >= 15 is 0 Å². The number of nitrogen functional groups attached to an aromatic ring is 1. The monoisotopic (exact) mass is 205 g/mol. The Kier molecular flexibility index (Phi) is 3.86. The van der Waals surface area contributed by atoms with E-state index in [0.29, 0.717) is 5.95 Å². The highest BCUT2D eigenvalue weighted by molar-refractivity contribution is 5.85. The first-order valence-corrected chi connectivity index (χ1v) is 3.05. The van der Waals surface area contributed by atoms with Gasteiger partial charge in [-0.3, -0.25) is 0 Å². The molecule has 0 saturated heterocycles. The molecule has 0 fully saturated rings. The molecule has 5 heteroatoms. The van der Waals surface area contributed by atoms with Crippen LogP contribution in [0.3, 0.4) is 0 Å². The quantitative estimate of drug-likeness (QED) is 0.691. The summed E-state index contributed by atoms with van der Waals surface area (Å²) in [7, 11) is 0. The fourth-order valence-electron chi connectivity index (χ4n) is 0.970. The molecule has 0 spiro atoms. The number of aromatic nitrogens is 2. The van der Waals surface area contributed by atoms with Crippen LogP contribution in [0.5, 0.6) is 0 Å². The zero-order valence-electron chi connectivity index (χ0n) is 6.15. The third-order valence-corrected chi connectivity index (χ3v) is 1.46. The molecule has 2 rings (SSSR count). The molecule has 0 saturated carbocycles. The van der Waals surface area contributed by atoms with Gasteiger partial charge in [0.25, 0.3) is 0 Å². The van der Waals surface area contributed by atoms with Crippen LogP contribution in [0.25, 0.3) is 11.3 Å². The number of H-pyrrole nitrogens is 1. The van der Waals surface area contributed by atoms with E-state index in [-0.39, 0.29) is 24.8 Å². The largest absolute Gasteiger partial charge is 0.369 e. The van der Waals surface area contributed by atoms with Crippen LogP contribution in [0.1, 0.15) is 0 Å². The van der Waals surface area contributed by atoms with Crippen LogP contribution in [-0.4, -0.2) is 9.97 Å². The van der Waals surface area contributed by atoms with Crippen LogP contribution >= 0.6 is 24.8 Å². The van der Waals surface area contributed by atoms with E-state index in [1.807, 2.05) is 18.2 Å². The SMILES string of the molecule is Cl.Cl.Nc1ncc2cccc-2[nH]1. The van der Waals surface area contributed by atoms with Crippen molar-refractivity contribution in [2.24, 2.45) is 0 Å². The lowest BCUT2D eigenvalue weighted by Gasteiger charge is -1.98. The van der Waals surface area contributed by atoms with E-state index in [9.17, 15) is 0 Å². The molecule has 1 aliphatic heterocycles. The predicted molar refractivity (Wildman–Crippen MR) is 54.1 cm³/mol. The van der Waals surface area contributed by atoms with E-state index in [4.69, 9.17) is 5.73 Å². The molecule has 1 aliphatic carbocycles. The average molecular weight is 206 g/mol. The van der Waals surface area contributed by atoms with Crippen molar-refractivity contribution in [2.75, 3.05) is 5.73 Å². The summed E-state index contributed by atoms with van der Waals surface area (Å²) in [6, 6.07) is 5.91. The number of nitrogens with zero attached hydrogens (tertiary/aromatic N) is 1. The summed E-state index contributed by atoms with van der Waals surface area (Å²) in [6.45, 7) is 0. The van der Waals surface area contributed by atoms with Gasteiger partial charge in [-0.15, -0.1) is 24.8 Å². The fraction of sp³-hybridized carbons (Fsp3) is 0. The van der Waals surface area contributed by atoms with Crippen molar-refractivity contribution in [1.82, 2.24) is 9.97 Å². The Hall–Kier alpha value is -0.930. The highest BCUT2D eigenvalue weighted by atomic mass is 35.5. The van der Waals surface area contributed by atoms with Gasteiger partial charge in [-0.1, -0.05) is 12.1 Å². The van der Waals surface area contributed by atoms with Crippen LogP contribution in [0.4, 0.5) is 5.95 Å². The van der Waals surface area contributed by atoms with Gasteiger partial charge in [0.05, 0.1) is 0 Å². The number of hydrogen-bond acceptors (Lipinski definition) is 2. The van der Waals surface area contributed by atoms with Crippen LogP contribution < -0.4 is 5.73 Å². The van der Waals surface area contributed by atoms with Crippen molar-refractivity contribution in [1.29, 1.82) is 0 Å². The van der Waals surface area contributed by atoms with Gasteiger partial charge in [0.2, 0.25) is 0 Å². The van der Waals surface area contributed by atoms with Crippen LogP contribution in [0, 0.1) is 0 Å². The Morgan fingerprint density at radius 2 is 2.00 bits per heavy atom. The first kappa shape index (κ1) is 11.1. The molecule has 0 amide bonds. The lowest BCUT2D eigenvalue weighted by Crippen LogP contribution is -1.94. The lowest BCUT2D eigenvalue weighted by molar-refractivity contribution is 1.19. The molecule has 12 heavy (non-hydrogen) atoms. The number of anilines is 1. The first-order valence-electron chi connectivity index (χ1n) is 3.05. The Morgan fingerprint density at radius 1 is 1.25 bits per heavy atom. The van der Waals surface area contributed by atoms with Crippen LogP contribution in [-0.2, 0) is 0 Å². The molecule has 0 aromatic rings. The number of nitrogens with one attached hydrogen (secondary N) is 1. The van der Waals surface area contributed by atoms with Crippen molar-refractivity contribution < 1.29 is 0 Å². The van der Waals surface area contributed by atoms with E-state index in [2.05, 4.69) is 9.97 Å². The number of hydrogen-bond donors (Lipinski definition) is 2. The Morgan fingerprint density at radius 3 is 2.75 bits per heavy atom. The minimum absolute atomic E-state index is 0. The lowest BCUT2D eigenvalue weighted by atomic mass is 10.3. The second-order valence-corrected chi connectivity index (χ2v) is 2.16. The molecule has 1 heterocycles. The summed E-state index contributed by atoms with van der Waals surface area (Å²) in [4.78, 5) is 6.84. The van der Waals surface area contributed by atoms with E-state index in [0.717, 1.165) is 11.3 Å². The average Bonchev–Trinajstić information content (AvgIpc) is 2.33. The molecule has 66 valence electrons. The number of aromatic amines is 1. The number of fused-ring (bicyclic) bond motifs is 1. The zero-order chi connectivity index (χ0) is 6.97. The summed E-state index contributed by atoms with van der Waals surface area (Å²) < 4.78 is 0. The molecule has 0 bridgehead atoms. The number of halogens is 2. The molecule has 0 radical (unpaired) electrons. The van der Waals surface area contributed by atoms with Gasteiger partial charge in [-0.05, 0) is 6.07 Å². The molecular formula is C7H9Cl2N3. The number of rotatable bonds is 0. The van der Waals surface area contributed by atoms with E-state index in [1.54, 1.807) is 6.20 Å². The van der Waals surface area contributed by atoms with Gasteiger partial charge >= 0.3 is 0 Å². The van der Waals surface area contributed by atoms with Crippen molar-refractivity contribution >= 4 is 30.8 Å². The molecule has 0 atom stereocenters. The maximum absolute atomic E-state index is 5.42. The highest BCUT2D eigenvalue weighted by Gasteiger charge is 2.00. The summed E-state index contributed by atoms with van der Waals surface area (Å²) in [5, 5.41) is 0. The maximum atomic E-state index is 5.42. The van der Waals surface area contributed by atoms with Gasteiger partial charge in [0.1, 0.15) is 0 Å². The molecular weight excluding hydrogens is 197 g/mol. The molecule has 3 nitrogen and oxygen atoms in total. The highest BCUT2D eigenvalue weighted by Crippen LogP contribution is 2.18. The Bertz CT molecular complexity index is 321. The van der Waals surface area contributed by atoms with E-state index < -0.39 is 0 Å². The van der Waals surface area contributed by atoms with Crippen molar-refractivity contribution in [3.05, 3.63) is 24.4 Å². The van der Waals surface area contributed by atoms with Gasteiger partial charge < -0.3 is 10.7 Å². The van der Waals surface area contributed by atoms with Gasteiger partial charge in [0.15, 0.2) is 5.95 Å². The first-order chi connectivity index (χ1) is 4.86. The Balaban J connectivity index is 0.000000605. The Labute approximate surface area is 82.5 Å². The summed E-state index contributed by atoms with van der Waals surface area (Å²) >= 11 is 0. The van der Waals surface area contributed by atoms with E-state index in [1.165, 1.54) is 0 Å².